The van der Waals surface area contributed by atoms with Crippen LogP contribution in [0.3, 0.4) is 0 Å². The SMILES string of the molecule is CCCCCCCCCCCCCC12CCCC(O)(CCC1)O2. The molecule has 0 aromatic carbocycles. The standard InChI is InChI=1S/C21H40O2/c1-2-3-4-5-6-7-8-9-10-11-12-15-20-16-13-18-21(22,23-20)19-14-17-20/h22H,2-19H2,1H3. The van der Waals surface area contributed by atoms with E-state index in [1.807, 2.05) is 0 Å². The van der Waals surface area contributed by atoms with Crippen molar-refractivity contribution >= 4 is 0 Å². The average molecular weight is 325 g/mol. The fourth-order valence-corrected chi connectivity index (χ4v) is 4.64. The van der Waals surface area contributed by atoms with Gasteiger partial charge in [-0.2, -0.15) is 0 Å². The van der Waals surface area contributed by atoms with Crippen molar-refractivity contribution in [3.8, 4) is 0 Å². The van der Waals surface area contributed by atoms with E-state index in [-0.39, 0.29) is 5.60 Å². The topological polar surface area (TPSA) is 29.5 Å². The number of ether oxygens (including phenoxy) is 1. The van der Waals surface area contributed by atoms with E-state index in [0.29, 0.717) is 0 Å². The Hall–Kier alpha value is -0.0800. The molecule has 0 spiro atoms. The number of rotatable bonds is 12. The molecule has 2 rings (SSSR count). The van der Waals surface area contributed by atoms with Gasteiger partial charge in [0, 0.05) is 12.8 Å². The molecule has 23 heavy (non-hydrogen) atoms. The molecule has 0 aromatic heterocycles. The molecule has 136 valence electrons. The van der Waals surface area contributed by atoms with Crippen molar-refractivity contribution in [2.45, 2.75) is 134 Å². The highest BCUT2D eigenvalue weighted by atomic mass is 16.6. The van der Waals surface area contributed by atoms with Crippen LogP contribution in [0, 0.1) is 0 Å². The first-order valence-corrected chi connectivity index (χ1v) is 10.6. The van der Waals surface area contributed by atoms with Crippen molar-refractivity contribution in [1.29, 1.82) is 0 Å². The van der Waals surface area contributed by atoms with E-state index in [1.165, 1.54) is 89.9 Å². The van der Waals surface area contributed by atoms with Crippen molar-refractivity contribution < 1.29 is 9.84 Å². The number of hydrogen-bond donors (Lipinski definition) is 1. The third kappa shape index (κ3) is 6.74. The van der Waals surface area contributed by atoms with E-state index in [2.05, 4.69) is 6.92 Å². The minimum atomic E-state index is -0.770. The summed E-state index contributed by atoms with van der Waals surface area (Å²) >= 11 is 0. The molecule has 1 N–H and O–H groups in total. The second kappa shape index (κ2) is 10.0. The number of hydrogen-bond acceptors (Lipinski definition) is 2. The lowest BCUT2D eigenvalue weighted by Crippen LogP contribution is -2.52. The highest BCUT2D eigenvalue weighted by molar-refractivity contribution is 4.93. The number of fused-ring (bicyclic) bond motifs is 2. The van der Waals surface area contributed by atoms with Gasteiger partial charge in [-0.3, -0.25) is 0 Å². The van der Waals surface area contributed by atoms with Crippen LogP contribution in [0.1, 0.15) is 122 Å². The monoisotopic (exact) mass is 324 g/mol. The lowest BCUT2D eigenvalue weighted by atomic mass is 9.77. The molecule has 2 bridgehead atoms. The fraction of sp³-hybridized carbons (Fsp3) is 1.00. The van der Waals surface area contributed by atoms with Gasteiger partial charge in [-0.05, 0) is 32.1 Å². The van der Waals surface area contributed by atoms with Crippen LogP contribution in [0.15, 0.2) is 0 Å². The van der Waals surface area contributed by atoms with Crippen LogP contribution in [-0.2, 0) is 4.74 Å². The maximum atomic E-state index is 10.4. The van der Waals surface area contributed by atoms with Gasteiger partial charge in [0.1, 0.15) is 0 Å². The fourth-order valence-electron chi connectivity index (χ4n) is 4.64. The van der Waals surface area contributed by atoms with Crippen LogP contribution in [0.2, 0.25) is 0 Å². The molecule has 0 radical (unpaired) electrons. The normalized spacial score (nSPS) is 30.5. The zero-order valence-corrected chi connectivity index (χ0v) is 15.6. The summed E-state index contributed by atoms with van der Waals surface area (Å²) in [5, 5.41) is 10.4. The molecule has 0 atom stereocenters. The summed E-state index contributed by atoms with van der Waals surface area (Å²) in [7, 11) is 0. The second-order valence-electron chi connectivity index (χ2n) is 8.22. The summed E-state index contributed by atoms with van der Waals surface area (Å²) < 4.78 is 6.14. The molecule has 2 nitrogen and oxygen atoms in total. The van der Waals surface area contributed by atoms with Crippen molar-refractivity contribution in [2.75, 3.05) is 0 Å². The smallest absolute Gasteiger partial charge is 0.166 e. The summed E-state index contributed by atoms with van der Waals surface area (Å²) in [5.41, 5.74) is 0.0323. The van der Waals surface area contributed by atoms with E-state index >= 15 is 0 Å². The van der Waals surface area contributed by atoms with Gasteiger partial charge in [-0.25, -0.2) is 0 Å². The molecule has 0 amide bonds. The van der Waals surface area contributed by atoms with Gasteiger partial charge in [0.05, 0.1) is 5.60 Å². The van der Waals surface area contributed by atoms with Gasteiger partial charge >= 0.3 is 0 Å². The van der Waals surface area contributed by atoms with Gasteiger partial charge in [-0.1, -0.05) is 77.6 Å². The molecule has 2 aliphatic heterocycles. The Morgan fingerprint density at radius 2 is 1.17 bits per heavy atom. The average Bonchev–Trinajstić information content (AvgIpc) is 2.52. The summed E-state index contributed by atoms with van der Waals surface area (Å²) in [4.78, 5) is 0. The largest absolute Gasteiger partial charge is 0.365 e. The van der Waals surface area contributed by atoms with Crippen molar-refractivity contribution in [2.24, 2.45) is 0 Å². The third-order valence-electron chi connectivity index (χ3n) is 6.04. The predicted molar refractivity (Wildman–Crippen MR) is 97.5 cm³/mol. The first-order valence-electron chi connectivity index (χ1n) is 10.6. The van der Waals surface area contributed by atoms with Crippen molar-refractivity contribution in [1.82, 2.24) is 0 Å². The Bertz CT molecular complexity index is 303. The Kier molecular flexibility index (Phi) is 8.40. The third-order valence-corrected chi connectivity index (χ3v) is 6.04. The Labute approximate surface area is 144 Å². The number of aliphatic hydroxyl groups is 1. The number of unbranched alkanes of at least 4 members (excludes halogenated alkanes) is 10. The maximum absolute atomic E-state index is 10.4. The predicted octanol–water partition coefficient (Wildman–Crippen LogP) is 6.50. The first-order chi connectivity index (χ1) is 11.2. The maximum Gasteiger partial charge on any atom is 0.166 e. The van der Waals surface area contributed by atoms with Crippen LogP contribution in [0.5, 0.6) is 0 Å². The quantitative estimate of drug-likeness (QED) is 0.415. The Morgan fingerprint density at radius 3 is 1.70 bits per heavy atom. The molecular formula is C21H40O2. The van der Waals surface area contributed by atoms with Gasteiger partial charge in [0.25, 0.3) is 0 Å². The van der Waals surface area contributed by atoms with Crippen LogP contribution in [-0.4, -0.2) is 16.5 Å². The van der Waals surface area contributed by atoms with Gasteiger partial charge in [0.15, 0.2) is 5.79 Å². The van der Waals surface area contributed by atoms with Crippen molar-refractivity contribution in [3.63, 3.8) is 0 Å². The summed E-state index contributed by atoms with van der Waals surface area (Å²) in [5.74, 6) is -0.770. The molecule has 0 aliphatic carbocycles. The summed E-state index contributed by atoms with van der Waals surface area (Å²) in [6, 6.07) is 0. The zero-order valence-electron chi connectivity index (χ0n) is 15.6. The second-order valence-corrected chi connectivity index (χ2v) is 8.22. The molecule has 2 aliphatic rings. The Balaban J connectivity index is 1.46. The van der Waals surface area contributed by atoms with Crippen LogP contribution >= 0.6 is 0 Å². The van der Waals surface area contributed by atoms with E-state index < -0.39 is 5.79 Å². The molecular weight excluding hydrogens is 284 g/mol. The van der Waals surface area contributed by atoms with Gasteiger partial charge in [-0.15, -0.1) is 0 Å². The van der Waals surface area contributed by atoms with Crippen LogP contribution in [0.25, 0.3) is 0 Å². The highest BCUT2D eigenvalue weighted by Gasteiger charge is 2.47. The summed E-state index contributed by atoms with van der Waals surface area (Å²) in [6.07, 6.45) is 22.9. The van der Waals surface area contributed by atoms with Crippen LogP contribution < -0.4 is 0 Å². The molecule has 0 saturated carbocycles. The molecule has 2 saturated heterocycles. The highest BCUT2D eigenvalue weighted by Crippen LogP contribution is 2.46. The lowest BCUT2D eigenvalue weighted by Gasteiger charge is -2.50. The van der Waals surface area contributed by atoms with Crippen molar-refractivity contribution in [3.05, 3.63) is 0 Å². The molecule has 2 fully saturated rings. The lowest BCUT2D eigenvalue weighted by molar-refractivity contribution is -0.316. The zero-order chi connectivity index (χ0) is 16.4. The van der Waals surface area contributed by atoms with Crippen LogP contribution in [0.4, 0.5) is 0 Å². The molecule has 2 heteroatoms. The van der Waals surface area contributed by atoms with E-state index in [4.69, 9.17) is 4.74 Å². The van der Waals surface area contributed by atoms with E-state index in [0.717, 1.165) is 25.7 Å². The van der Waals surface area contributed by atoms with Gasteiger partial charge in [0.2, 0.25) is 0 Å². The van der Waals surface area contributed by atoms with E-state index in [9.17, 15) is 5.11 Å². The minimum absolute atomic E-state index is 0.0323. The minimum Gasteiger partial charge on any atom is -0.365 e. The summed E-state index contributed by atoms with van der Waals surface area (Å²) in [6.45, 7) is 2.28. The Morgan fingerprint density at radius 1 is 0.696 bits per heavy atom. The molecule has 2 heterocycles. The molecule has 0 unspecified atom stereocenters. The first kappa shape index (κ1) is 19.2. The molecule has 0 aromatic rings. The van der Waals surface area contributed by atoms with Gasteiger partial charge < -0.3 is 9.84 Å². The van der Waals surface area contributed by atoms with E-state index in [1.54, 1.807) is 0 Å².